The molecule has 1 heterocycles. The summed E-state index contributed by atoms with van der Waals surface area (Å²) in [6, 6.07) is 0. The molecule has 1 rings (SSSR count). The molecule has 0 spiro atoms. The normalized spacial score (nSPS) is 13.2. The Kier molecular flexibility index (Phi) is 5.15. The third-order valence-electron chi connectivity index (χ3n) is 2.35. The van der Waals surface area contributed by atoms with E-state index in [0.29, 0.717) is 16.9 Å². The van der Waals surface area contributed by atoms with Gasteiger partial charge < -0.3 is 4.74 Å². The zero-order chi connectivity index (χ0) is 12.3. The molecule has 3 nitrogen and oxygen atoms in total. The molecule has 0 saturated heterocycles. The zero-order valence-electron chi connectivity index (χ0n) is 9.92. The maximum atomic E-state index is 6.05. The van der Waals surface area contributed by atoms with Crippen LogP contribution in [0.1, 0.15) is 38.4 Å². The second-order valence-corrected chi connectivity index (χ2v) is 5.04. The van der Waals surface area contributed by atoms with Crippen molar-refractivity contribution in [3.8, 4) is 0 Å². The van der Waals surface area contributed by atoms with Gasteiger partial charge in [-0.15, -0.1) is 0 Å². The van der Waals surface area contributed by atoms with Crippen molar-refractivity contribution < 1.29 is 4.74 Å². The number of rotatable bonds is 4. The molecule has 0 N–H and O–H groups in total. The lowest BCUT2D eigenvalue weighted by molar-refractivity contribution is 0.0572. The minimum Gasteiger partial charge on any atom is -0.373 e. The number of aryl methyl sites for hydroxylation is 1. The van der Waals surface area contributed by atoms with Crippen LogP contribution in [0.4, 0.5) is 0 Å². The number of hydrogen-bond donors (Lipinski definition) is 0. The first kappa shape index (κ1) is 13.9. The van der Waals surface area contributed by atoms with Gasteiger partial charge >= 0.3 is 0 Å². The van der Waals surface area contributed by atoms with Gasteiger partial charge in [0.1, 0.15) is 11.3 Å². The molecule has 1 aromatic rings. The van der Waals surface area contributed by atoms with E-state index >= 15 is 0 Å². The van der Waals surface area contributed by atoms with E-state index in [1.165, 1.54) is 0 Å². The van der Waals surface area contributed by atoms with Crippen LogP contribution in [0.2, 0.25) is 5.15 Å². The Balaban J connectivity index is 3.19. The predicted molar refractivity (Wildman–Crippen MR) is 68.7 cm³/mol. The molecule has 0 fully saturated rings. The number of aromatic nitrogens is 2. The summed E-state index contributed by atoms with van der Waals surface area (Å²) < 4.78 is 6.17. The van der Waals surface area contributed by atoms with Gasteiger partial charge in [-0.25, -0.2) is 9.97 Å². The van der Waals surface area contributed by atoms with Gasteiger partial charge in [-0.1, -0.05) is 32.4 Å². The van der Waals surface area contributed by atoms with Crippen LogP contribution < -0.4 is 0 Å². The first-order valence-electron chi connectivity index (χ1n) is 5.25. The Morgan fingerprint density at radius 2 is 2.00 bits per heavy atom. The molecule has 0 bridgehead atoms. The fourth-order valence-corrected chi connectivity index (χ4v) is 2.17. The van der Waals surface area contributed by atoms with Crippen LogP contribution in [0.3, 0.4) is 0 Å². The monoisotopic (exact) mass is 306 g/mol. The molecule has 0 aliphatic heterocycles. The fourth-order valence-electron chi connectivity index (χ4n) is 1.52. The molecule has 0 aliphatic carbocycles. The largest absolute Gasteiger partial charge is 0.373 e. The van der Waals surface area contributed by atoms with E-state index in [0.717, 1.165) is 16.6 Å². The molecule has 0 radical (unpaired) electrons. The summed E-state index contributed by atoms with van der Waals surface area (Å²) in [4.78, 5) is 8.73. The standard InChI is InChI=1S/C11H16BrClN2O/c1-5-7-8(12)10(13)15-11(14-7)9(16-4)6(2)3/h6,9H,5H2,1-4H3. The zero-order valence-corrected chi connectivity index (χ0v) is 12.3. The van der Waals surface area contributed by atoms with E-state index in [2.05, 4.69) is 39.7 Å². The van der Waals surface area contributed by atoms with Gasteiger partial charge in [0.25, 0.3) is 0 Å². The van der Waals surface area contributed by atoms with Crippen molar-refractivity contribution in [3.63, 3.8) is 0 Å². The molecule has 1 aromatic heterocycles. The summed E-state index contributed by atoms with van der Waals surface area (Å²) >= 11 is 9.43. The molecular formula is C11H16BrClN2O. The summed E-state index contributed by atoms with van der Waals surface area (Å²) in [5.41, 5.74) is 0.915. The van der Waals surface area contributed by atoms with Crippen molar-refractivity contribution in [2.75, 3.05) is 7.11 Å². The van der Waals surface area contributed by atoms with Crippen LogP contribution in [0.5, 0.6) is 0 Å². The Hall–Kier alpha value is -0.190. The highest BCUT2D eigenvalue weighted by atomic mass is 79.9. The summed E-state index contributed by atoms with van der Waals surface area (Å²) in [7, 11) is 1.66. The molecule has 0 aliphatic rings. The van der Waals surface area contributed by atoms with Crippen LogP contribution in [-0.4, -0.2) is 17.1 Å². The minimum absolute atomic E-state index is 0.115. The van der Waals surface area contributed by atoms with E-state index in [1.807, 2.05) is 6.92 Å². The van der Waals surface area contributed by atoms with Crippen molar-refractivity contribution in [2.24, 2.45) is 5.92 Å². The maximum Gasteiger partial charge on any atom is 0.159 e. The molecule has 1 atom stereocenters. The molecule has 5 heteroatoms. The van der Waals surface area contributed by atoms with E-state index in [-0.39, 0.29) is 6.10 Å². The van der Waals surface area contributed by atoms with Crippen LogP contribution in [0.15, 0.2) is 4.47 Å². The molecular weight excluding hydrogens is 291 g/mol. The maximum absolute atomic E-state index is 6.05. The van der Waals surface area contributed by atoms with Crippen LogP contribution >= 0.6 is 27.5 Å². The molecule has 90 valence electrons. The molecule has 0 aromatic carbocycles. The quantitative estimate of drug-likeness (QED) is 0.794. The van der Waals surface area contributed by atoms with Crippen molar-refractivity contribution >= 4 is 27.5 Å². The Bertz CT molecular complexity index is 371. The number of ether oxygens (including phenoxy) is 1. The molecule has 1 unspecified atom stereocenters. The number of nitrogens with zero attached hydrogens (tertiary/aromatic N) is 2. The minimum atomic E-state index is -0.115. The first-order chi connectivity index (χ1) is 7.51. The Labute approximate surface area is 110 Å². The van der Waals surface area contributed by atoms with Gasteiger partial charge in [0, 0.05) is 7.11 Å². The summed E-state index contributed by atoms with van der Waals surface area (Å²) in [6.07, 6.45) is 0.695. The molecule has 0 amide bonds. The van der Waals surface area contributed by atoms with Gasteiger partial charge in [-0.3, -0.25) is 0 Å². The second-order valence-electron chi connectivity index (χ2n) is 3.89. The Morgan fingerprint density at radius 1 is 1.38 bits per heavy atom. The summed E-state index contributed by atoms with van der Waals surface area (Å²) in [6.45, 7) is 6.17. The Morgan fingerprint density at radius 3 is 2.44 bits per heavy atom. The van der Waals surface area contributed by atoms with E-state index in [4.69, 9.17) is 16.3 Å². The van der Waals surface area contributed by atoms with Gasteiger partial charge in [-0.05, 0) is 28.3 Å². The topological polar surface area (TPSA) is 35.0 Å². The summed E-state index contributed by atoms with van der Waals surface area (Å²) in [5.74, 6) is 0.967. The van der Waals surface area contributed by atoms with Crippen molar-refractivity contribution in [3.05, 3.63) is 21.1 Å². The number of hydrogen-bond acceptors (Lipinski definition) is 3. The van der Waals surface area contributed by atoms with E-state index in [1.54, 1.807) is 7.11 Å². The van der Waals surface area contributed by atoms with Crippen molar-refractivity contribution in [2.45, 2.75) is 33.3 Å². The van der Waals surface area contributed by atoms with Gasteiger partial charge in [0.05, 0.1) is 10.2 Å². The van der Waals surface area contributed by atoms with E-state index < -0.39 is 0 Å². The average molecular weight is 308 g/mol. The molecule has 0 saturated carbocycles. The van der Waals surface area contributed by atoms with Crippen LogP contribution in [0, 0.1) is 5.92 Å². The van der Waals surface area contributed by atoms with Crippen molar-refractivity contribution in [1.82, 2.24) is 9.97 Å². The average Bonchev–Trinajstić information content (AvgIpc) is 2.23. The van der Waals surface area contributed by atoms with Gasteiger partial charge in [0.15, 0.2) is 5.82 Å². The second kappa shape index (κ2) is 5.94. The number of halogens is 2. The smallest absolute Gasteiger partial charge is 0.159 e. The SMILES string of the molecule is CCc1nc(C(OC)C(C)C)nc(Cl)c1Br. The van der Waals surface area contributed by atoms with Crippen molar-refractivity contribution in [1.29, 1.82) is 0 Å². The highest BCUT2D eigenvalue weighted by molar-refractivity contribution is 9.10. The lowest BCUT2D eigenvalue weighted by atomic mass is 10.1. The highest BCUT2D eigenvalue weighted by Gasteiger charge is 2.20. The van der Waals surface area contributed by atoms with Gasteiger partial charge in [0.2, 0.25) is 0 Å². The van der Waals surface area contributed by atoms with Gasteiger partial charge in [-0.2, -0.15) is 0 Å². The van der Waals surface area contributed by atoms with Crippen LogP contribution in [0.25, 0.3) is 0 Å². The lowest BCUT2D eigenvalue weighted by Gasteiger charge is -2.18. The first-order valence-corrected chi connectivity index (χ1v) is 6.42. The number of methoxy groups -OCH3 is 1. The lowest BCUT2D eigenvalue weighted by Crippen LogP contribution is -2.14. The third-order valence-corrected chi connectivity index (χ3v) is 3.68. The van der Waals surface area contributed by atoms with E-state index in [9.17, 15) is 0 Å². The predicted octanol–water partition coefficient (Wildman–Crippen LogP) is 3.80. The molecule has 16 heavy (non-hydrogen) atoms. The fraction of sp³-hybridized carbons (Fsp3) is 0.636. The highest BCUT2D eigenvalue weighted by Crippen LogP contribution is 2.28. The summed E-state index contributed by atoms with van der Waals surface area (Å²) in [5, 5.41) is 0.449. The van der Waals surface area contributed by atoms with Crippen LogP contribution in [-0.2, 0) is 11.2 Å². The third kappa shape index (κ3) is 2.93.